The van der Waals surface area contributed by atoms with Crippen molar-refractivity contribution in [1.82, 2.24) is 19.9 Å². The molecule has 4 aromatic carbocycles. The molecule has 0 aliphatic heterocycles. The van der Waals surface area contributed by atoms with E-state index in [-0.39, 0.29) is 6.17 Å². The second kappa shape index (κ2) is 8.94. The van der Waals surface area contributed by atoms with Crippen LogP contribution in [0, 0.1) is 0 Å². The molecule has 0 N–H and O–H groups in total. The molecule has 0 bridgehead atoms. The number of hydrogen-bond acceptors (Lipinski definition) is 3. The Morgan fingerprint density at radius 3 is 1.74 bits per heavy atom. The molecule has 0 saturated carbocycles. The number of para-hydroxylation sites is 1. The SMILES string of the molecule is c1ccc(CN(Cc2ccccc2)[C@@H](c2ccccc2)n2nnc3ccccc32)cc1. The summed E-state index contributed by atoms with van der Waals surface area (Å²) in [4.78, 5) is 2.46. The van der Waals surface area contributed by atoms with Gasteiger partial charge >= 0.3 is 0 Å². The Balaban J connectivity index is 1.64. The summed E-state index contributed by atoms with van der Waals surface area (Å²) in [6, 6.07) is 39.9. The summed E-state index contributed by atoms with van der Waals surface area (Å²) in [5.41, 5.74) is 5.66. The monoisotopic (exact) mass is 404 g/mol. The largest absolute Gasteiger partial charge is 0.269 e. The van der Waals surface area contributed by atoms with Gasteiger partial charge in [0.05, 0.1) is 5.52 Å². The molecule has 0 unspecified atom stereocenters. The predicted octanol–water partition coefficient (Wildman–Crippen LogP) is 5.68. The number of aromatic nitrogens is 3. The Morgan fingerprint density at radius 2 is 1.13 bits per heavy atom. The molecule has 4 heteroatoms. The van der Waals surface area contributed by atoms with Crippen molar-refractivity contribution in [3.8, 4) is 0 Å². The summed E-state index contributed by atoms with van der Waals surface area (Å²) >= 11 is 0. The van der Waals surface area contributed by atoms with Crippen LogP contribution in [0.2, 0.25) is 0 Å². The molecule has 31 heavy (non-hydrogen) atoms. The Hall–Kier alpha value is -3.76. The van der Waals surface area contributed by atoms with Crippen LogP contribution < -0.4 is 0 Å². The molecule has 0 fully saturated rings. The average Bonchev–Trinajstić information content (AvgIpc) is 3.25. The van der Waals surface area contributed by atoms with Crippen molar-refractivity contribution in [2.75, 3.05) is 0 Å². The van der Waals surface area contributed by atoms with Crippen molar-refractivity contribution in [2.24, 2.45) is 0 Å². The van der Waals surface area contributed by atoms with Gasteiger partial charge in [0.15, 0.2) is 0 Å². The van der Waals surface area contributed by atoms with Gasteiger partial charge in [0.1, 0.15) is 11.7 Å². The first-order valence-corrected chi connectivity index (χ1v) is 10.6. The second-order valence-corrected chi connectivity index (χ2v) is 7.68. The second-order valence-electron chi connectivity index (χ2n) is 7.68. The summed E-state index contributed by atoms with van der Waals surface area (Å²) in [5.74, 6) is 0. The van der Waals surface area contributed by atoms with Gasteiger partial charge in [0.25, 0.3) is 0 Å². The minimum Gasteiger partial charge on any atom is -0.269 e. The van der Waals surface area contributed by atoms with E-state index in [1.54, 1.807) is 0 Å². The fourth-order valence-electron chi connectivity index (χ4n) is 4.06. The molecule has 0 aliphatic rings. The van der Waals surface area contributed by atoms with Crippen molar-refractivity contribution in [1.29, 1.82) is 0 Å². The van der Waals surface area contributed by atoms with Crippen LogP contribution in [0.5, 0.6) is 0 Å². The van der Waals surface area contributed by atoms with E-state index in [2.05, 4.69) is 117 Å². The number of rotatable bonds is 7. The average molecular weight is 405 g/mol. The topological polar surface area (TPSA) is 34.0 Å². The van der Waals surface area contributed by atoms with Crippen molar-refractivity contribution >= 4 is 11.0 Å². The molecular formula is C27H24N4. The maximum Gasteiger partial charge on any atom is 0.133 e. The van der Waals surface area contributed by atoms with E-state index in [0.717, 1.165) is 24.1 Å². The maximum atomic E-state index is 4.60. The van der Waals surface area contributed by atoms with E-state index in [9.17, 15) is 0 Å². The lowest BCUT2D eigenvalue weighted by Gasteiger charge is -2.32. The van der Waals surface area contributed by atoms with E-state index in [1.807, 2.05) is 18.2 Å². The summed E-state index contributed by atoms with van der Waals surface area (Å²) in [7, 11) is 0. The predicted molar refractivity (Wildman–Crippen MR) is 124 cm³/mol. The van der Waals surface area contributed by atoms with Gasteiger partial charge in [0.2, 0.25) is 0 Å². The highest BCUT2D eigenvalue weighted by Gasteiger charge is 2.25. The van der Waals surface area contributed by atoms with E-state index in [0.29, 0.717) is 0 Å². The Morgan fingerprint density at radius 1 is 0.613 bits per heavy atom. The third-order valence-electron chi connectivity index (χ3n) is 5.51. The van der Waals surface area contributed by atoms with E-state index in [1.165, 1.54) is 16.7 Å². The molecule has 0 aliphatic carbocycles. The Labute approximate surface area is 182 Å². The molecule has 1 atom stereocenters. The van der Waals surface area contributed by atoms with Crippen LogP contribution in [0.3, 0.4) is 0 Å². The number of fused-ring (bicyclic) bond motifs is 1. The fourth-order valence-corrected chi connectivity index (χ4v) is 4.06. The molecule has 0 saturated heterocycles. The molecule has 5 rings (SSSR count). The number of benzene rings is 4. The third kappa shape index (κ3) is 4.25. The first-order chi connectivity index (χ1) is 15.4. The number of nitrogens with zero attached hydrogens (tertiary/aromatic N) is 4. The van der Waals surface area contributed by atoms with Gasteiger partial charge < -0.3 is 0 Å². The summed E-state index contributed by atoms with van der Waals surface area (Å²) in [6.45, 7) is 1.59. The lowest BCUT2D eigenvalue weighted by atomic mass is 10.1. The van der Waals surface area contributed by atoms with Crippen molar-refractivity contribution in [3.05, 3.63) is 132 Å². The first kappa shape index (κ1) is 19.2. The minimum absolute atomic E-state index is 0.0889. The summed E-state index contributed by atoms with van der Waals surface area (Å²) in [6.07, 6.45) is -0.0889. The van der Waals surface area contributed by atoms with Crippen LogP contribution in [0.25, 0.3) is 11.0 Å². The summed E-state index contributed by atoms with van der Waals surface area (Å²) < 4.78 is 2.05. The smallest absolute Gasteiger partial charge is 0.133 e. The minimum atomic E-state index is -0.0889. The molecule has 1 heterocycles. The standard InChI is InChI=1S/C27H24N4/c1-4-12-22(13-5-1)20-30(21-23-14-6-2-7-15-23)27(24-16-8-3-9-17-24)31-26-19-11-10-18-25(26)28-29-31/h1-19,27H,20-21H2/t27-/m1/s1. The zero-order chi connectivity index (χ0) is 20.9. The van der Waals surface area contributed by atoms with Crippen LogP contribution >= 0.6 is 0 Å². The van der Waals surface area contributed by atoms with Crippen molar-refractivity contribution < 1.29 is 0 Å². The van der Waals surface area contributed by atoms with Gasteiger partial charge in [0, 0.05) is 13.1 Å². The normalized spacial score (nSPS) is 12.3. The third-order valence-corrected chi connectivity index (χ3v) is 5.51. The molecule has 1 aromatic heterocycles. The van der Waals surface area contributed by atoms with Gasteiger partial charge in [-0.25, -0.2) is 4.68 Å². The van der Waals surface area contributed by atoms with Gasteiger partial charge in [-0.2, -0.15) is 0 Å². The van der Waals surface area contributed by atoms with E-state index in [4.69, 9.17) is 0 Å². The molecule has 4 nitrogen and oxygen atoms in total. The quantitative estimate of drug-likeness (QED) is 0.350. The van der Waals surface area contributed by atoms with Gasteiger partial charge in [-0.3, -0.25) is 4.90 Å². The Kier molecular flexibility index (Phi) is 5.54. The Bertz CT molecular complexity index is 1190. The number of hydrogen-bond donors (Lipinski definition) is 0. The lowest BCUT2D eigenvalue weighted by Crippen LogP contribution is -2.33. The molecule has 0 radical (unpaired) electrons. The van der Waals surface area contributed by atoms with Crippen LogP contribution in [-0.2, 0) is 13.1 Å². The van der Waals surface area contributed by atoms with Crippen LogP contribution in [0.1, 0.15) is 22.9 Å². The van der Waals surface area contributed by atoms with E-state index < -0.39 is 0 Å². The molecular weight excluding hydrogens is 380 g/mol. The van der Waals surface area contributed by atoms with Crippen LogP contribution in [0.4, 0.5) is 0 Å². The van der Waals surface area contributed by atoms with E-state index >= 15 is 0 Å². The highest BCUT2D eigenvalue weighted by molar-refractivity contribution is 5.74. The summed E-state index contributed by atoms with van der Waals surface area (Å²) in [5, 5.41) is 9.05. The van der Waals surface area contributed by atoms with Crippen LogP contribution in [0.15, 0.2) is 115 Å². The maximum absolute atomic E-state index is 4.60. The lowest BCUT2D eigenvalue weighted by molar-refractivity contribution is 0.144. The van der Waals surface area contributed by atoms with Crippen molar-refractivity contribution in [3.63, 3.8) is 0 Å². The van der Waals surface area contributed by atoms with Gasteiger partial charge in [-0.1, -0.05) is 108 Å². The zero-order valence-electron chi connectivity index (χ0n) is 17.3. The fraction of sp³-hybridized carbons (Fsp3) is 0.111. The van der Waals surface area contributed by atoms with Crippen molar-refractivity contribution in [2.45, 2.75) is 19.3 Å². The first-order valence-electron chi connectivity index (χ1n) is 10.6. The van der Waals surface area contributed by atoms with Gasteiger partial charge in [-0.15, -0.1) is 5.10 Å². The molecule has 152 valence electrons. The highest BCUT2D eigenvalue weighted by Crippen LogP contribution is 2.29. The highest BCUT2D eigenvalue weighted by atomic mass is 15.5. The molecule has 5 aromatic rings. The molecule has 0 amide bonds. The van der Waals surface area contributed by atoms with Gasteiger partial charge in [-0.05, 0) is 28.8 Å². The molecule has 0 spiro atoms. The van der Waals surface area contributed by atoms with Crippen LogP contribution in [-0.4, -0.2) is 19.9 Å². The zero-order valence-corrected chi connectivity index (χ0v) is 17.3.